The molecule has 2 rings (SSSR count). The summed E-state index contributed by atoms with van der Waals surface area (Å²) in [5.74, 6) is 0.659. The summed E-state index contributed by atoms with van der Waals surface area (Å²) in [5, 5.41) is 3.54. The van der Waals surface area contributed by atoms with E-state index in [-0.39, 0.29) is 0 Å². The Bertz CT molecular complexity index is 452. The van der Waals surface area contributed by atoms with Crippen LogP contribution < -0.4 is 10.2 Å². The highest BCUT2D eigenvalue weighted by Crippen LogP contribution is 2.32. The molecule has 118 valence electrons. The number of hydrogen-bond acceptors (Lipinski definition) is 3. The largest absolute Gasteiger partial charge is 0.384 e. The lowest BCUT2D eigenvalue weighted by atomic mass is 10.1. The lowest BCUT2D eigenvalue weighted by Crippen LogP contribution is -2.22. The molecule has 3 nitrogen and oxygen atoms in total. The number of nitrogens with zero attached hydrogens (tertiary/aromatic N) is 1. The van der Waals surface area contributed by atoms with Gasteiger partial charge >= 0.3 is 0 Å². The van der Waals surface area contributed by atoms with Gasteiger partial charge in [0.2, 0.25) is 0 Å². The zero-order chi connectivity index (χ0) is 15.2. The van der Waals surface area contributed by atoms with E-state index in [4.69, 9.17) is 4.74 Å². The Morgan fingerprint density at radius 2 is 2.29 bits per heavy atom. The van der Waals surface area contributed by atoms with Gasteiger partial charge in [-0.1, -0.05) is 13.0 Å². The van der Waals surface area contributed by atoms with E-state index in [9.17, 15) is 0 Å². The molecule has 2 unspecified atom stereocenters. The highest BCUT2D eigenvalue weighted by atomic mass is 79.9. The van der Waals surface area contributed by atoms with Gasteiger partial charge in [0.15, 0.2) is 0 Å². The van der Waals surface area contributed by atoms with Crippen LogP contribution in [0.15, 0.2) is 22.7 Å². The molecule has 4 heteroatoms. The van der Waals surface area contributed by atoms with Gasteiger partial charge < -0.3 is 15.0 Å². The van der Waals surface area contributed by atoms with Crippen LogP contribution in [0.1, 0.15) is 38.3 Å². The molecule has 0 spiro atoms. The molecule has 21 heavy (non-hydrogen) atoms. The number of anilines is 1. The average Bonchev–Trinajstić information content (AvgIpc) is 2.93. The second kappa shape index (κ2) is 8.16. The second-order valence-corrected chi connectivity index (χ2v) is 6.80. The van der Waals surface area contributed by atoms with Crippen LogP contribution in [-0.2, 0) is 4.74 Å². The molecule has 1 aliphatic rings. The first-order chi connectivity index (χ1) is 10.2. The Morgan fingerprint density at radius 3 is 2.95 bits per heavy atom. The Labute approximate surface area is 137 Å². The van der Waals surface area contributed by atoms with Crippen LogP contribution >= 0.6 is 15.9 Å². The Kier molecular flexibility index (Phi) is 6.52. The predicted octanol–water partition coefficient (Wildman–Crippen LogP) is 3.98. The molecule has 0 bridgehead atoms. The van der Waals surface area contributed by atoms with E-state index in [0.717, 1.165) is 32.7 Å². The van der Waals surface area contributed by atoms with Crippen LogP contribution in [0.25, 0.3) is 0 Å². The minimum Gasteiger partial charge on any atom is -0.384 e. The van der Waals surface area contributed by atoms with Crippen LogP contribution in [0.5, 0.6) is 0 Å². The van der Waals surface area contributed by atoms with Crippen molar-refractivity contribution in [1.29, 1.82) is 0 Å². The maximum atomic E-state index is 5.28. The van der Waals surface area contributed by atoms with Gasteiger partial charge in [0.25, 0.3) is 0 Å². The van der Waals surface area contributed by atoms with Gasteiger partial charge in [0.05, 0.1) is 12.3 Å². The zero-order valence-corrected chi connectivity index (χ0v) is 14.9. The molecule has 0 radical (unpaired) electrons. The van der Waals surface area contributed by atoms with E-state index in [1.165, 1.54) is 22.1 Å². The van der Waals surface area contributed by atoms with Crippen LogP contribution in [0.4, 0.5) is 5.69 Å². The van der Waals surface area contributed by atoms with Gasteiger partial charge in [-0.05, 0) is 59.9 Å². The molecule has 1 fully saturated rings. The van der Waals surface area contributed by atoms with E-state index in [2.05, 4.69) is 58.2 Å². The van der Waals surface area contributed by atoms with Crippen molar-refractivity contribution in [2.45, 2.75) is 32.7 Å². The molecule has 0 aliphatic carbocycles. The fourth-order valence-electron chi connectivity index (χ4n) is 2.95. The lowest BCUT2D eigenvalue weighted by Gasteiger charge is -2.22. The van der Waals surface area contributed by atoms with Gasteiger partial charge in [0.1, 0.15) is 0 Å². The molecular weight excluding hydrogens is 328 g/mol. The summed E-state index contributed by atoms with van der Waals surface area (Å²) in [5.41, 5.74) is 2.65. The van der Waals surface area contributed by atoms with E-state index < -0.39 is 0 Å². The van der Waals surface area contributed by atoms with Crippen molar-refractivity contribution >= 4 is 21.6 Å². The Hall–Kier alpha value is -0.580. The van der Waals surface area contributed by atoms with Crippen LogP contribution in [0.2, 0.25) is 0 Å². The first-order valence-corrected chi connectivity index (χ1v) is 8.71. The summed E-state index contributed by atoms with van der Waals surface area (Å²) in [7, 11) is 1.79. The number of benzene rings is 1. The topological polar surface area (TPSA) is 24.5 Å². The summed E-state index contributed by atoms with van der Waals surface area (Å²) >= 11 is 3.75. The molecule has 0 aromatic heterocycles. The third-order valence-electron chi connectivity index (χ3n) is 4.20. The second-order valence-electron chi connectivity index (χ2n) is 5.94. The maximum absolute atomic E-state index is 5.28. The van der Waals surface area contributed by atoms with Gasteiger partial charge in [-0.2, -0.15) is 0 Å². The molecule has 1 aromatic rings. The number of nitrogens with one attached hydrogen (secondary N) is 1. The normalized spacial score (nSPS) is 20.0. The van der Waals surface area contributed by atoms with Crippen molar-refractivity contribution in [3.8, 4) is 0 Å². The van der Waals surface area contributed by atoms with Gasteiger partial charge in [-0.3, -0.25) is 0 Å². The first-order valence-electron chi connectivity index (χ1n) is 7.92. The molecule has 1 aromatic carbocycles. The zero-order valence-electron chi connectivity index (χ0n) is 13.4. The Morgan fingerprint density at radius 1 is 1.48 bits per heavy atom. The standard InChI is InChI=1S/C17H27BrN2O/c1-4-8-19-13(2)15-5-6-17(16(18)10-15)20-9-7-14(11-20)12-21-3/h5-6,10,13-14,19H,4,7-9,11-12H2,1-3H3. The van der Waals surface area contributed by atoms with Crippen LogP contribution in [-0.4, -0.2) is 33.4 Å². The minimum atomic E-state index is 0.398. The molecule has 1 N–H and O–H groups in total. The molecule has 0 saturated carbocycles. The summed E-state index contributed by atoms with van der Waals surface area (Å²) in [6.07, 6.45) is 2.38. The number of ether oxygens (including phenoxy) is 1. The third kappa shape index (κ3) is 4.44. The number of methoxy groups -OCH3 is 1. The molecule has 2 atom stereocenters. The van der Waals surface area contributed by atoms with E-state index in [1.807, 2.05) is 0 Å². The quantitative estimate of drug-likeness (QED) is 0.801. The van der Waals surface area contributed by atoms with Crippen molar-refractivity contribution in [3.05, 3.63) is 28.2 Å². The molecular formula is C17H27BrN2O. The molecule has 1 saturated heterocycles. The fraction of sp³-hybridized carbons (Fsp3) is 0.647. The number of halogens is 1. The van der Waals surface area contributed by atoms with E-state index >= 15 is 0 Å². The van der Waals surface area contributed by atoms with Crippen LogP contribution in [0, 0.1) is 5.92 Å². The predicted molar refractivity (Wildman–Crippen MR) is 93.0 cm³/mol. The number of hydrogen-bond donors (Lipinski definition) is 1. The smallest absolute Gasteiger partial charge is 0.0510 e. The summed E-state index contributed by atoms with van der Waals surface area (Å²) < 4.78 is 6.48. The average molecular weight is 355 g/mol. The highest BCUT2D eigenvalue weighted by Gasteiger charge is 2.24. The van der Waals surface area contributed by atoms with Gasteiger partial charge in [0, 0.05) is 36.6 Å². The van der Waals surface area contributed by atoms with Gasteiger partial charge in [-0.15, -0.1) is 0 Å². The van der Waals surface area contributed by atoms with Crippen molar-refractivity contribution in [3.63, 3.8) is 0 Å². The van der Waals surface area contributed by atoms with Crippen molar-refractivity contribution < 1.29 is 4.74 Å². The fourth-order valence-corrected chi connectivity index (χ4v) is 3.60. The van der Waals surface area contributed by atoms with E-state index in [0.29, 0.717) is 12.0 Å². The third-order valence-corrected chi connectivity index (χ3v) is 4.84. The maximum Gasteiger partial charge on any atom is 0.0510 e. The summed E-state index contributed by atoms with van der Waals surface area (Å²) in [6.45, 7) is 8.56. The highest BCUT2D eigenvalue weighted by molar-refractivity contribution is 9.10. The van der Waals surface area contributed by atoms with Crippen molar-refractivity contribution in [2.75, 3.05) is 38.3 Å². The first kappa shape index (κ1) is 16.8. The van der Waals surface area contributed by atoms with Crippen molar-refractivity contribution in [2.24, 2.45) is 5.92 Å². The minimum absolute atomic E-state index is 0.398. The summed E-state index contributed by atoms with van der Waals surface area (Å²) in [4.78, 5) is 2.46. The number of rotatable bonds is 7. The molecule has 1 aliphatic heterocycles. The van der Waals surface area contributed by atoms with Crippen molar-refractivity contribution in [1.82, 2.24) is 5.32 Å². The molecule has 1 heterocycles. The van der Waals surface area contributed by atoms with Gasteiger partial charge in [-0.25, -0.2) is 0 Å². The Balaban J connectivity index is 2.02. The van der Waals surface area contributed by atoms with E-state index in [1.54, 1.807) is 7.11 Å². The molecule has 0 amide bonds. The SMILES string of the molecule is CCCNC(C)c1ccc(N2CCC(COC)C2)c(Br)c1. The summed E-state index contributed by atoms with van der Waals surface area (Å²) in [6, 6.07) is 7.15. The van der Waals surface area contributed by atoms with Crippen LogP contribution in [0.3, 0.4) is 0 Å². The monoisotopic (exact) mass is 354 g/mol. The lowest BCUT2D eigenvalue weighted by molar-refractivity contribution is 0.161.